The van der Waals surface area contributed by atoms with E-state index in [4.69, 9.17) is 36.4 Å². The monoisotopic (exact) mass is 712 g/mol. The summed E-state index contributed by atoms with van der Waals surface area (Å²) in [5, 5.41) is 13.3. The molecule has 2 aromatic heterocycles. The van der Waals surface area contributed by atoms with Crippen molar-refractivity contribution in [3.05, 3.63) is 170 Å². The molecule has 0 bridgehead atoms. The van der Waals surface area contributed by atoms with Crippen molar-refractivity contribution in [3.63, 3.8) is 0 Å². The van der Waals surface area contributed by atoms with Crippen molar-refractivity contribution in [2.45, 2.75) is 10.6 Å². The Morgan fingerprint density at radius 3 is 1.89 bits per heavy atom. The van der Waals surface area contributed by atoms with E-state index in [9.17, 15) is 5.11 Å². The quantitative estimate of drug-likeness (QED) is 0.138. The second kappa shape index (κ2) is 12.6. The number of aromatic nitrogens is 2. The molecule has 250 valence electrons. The Labute approximate surface area is 327 Å². The molecule has 1 N–H and O–H groups in total. The number of imidazole rings is 1. The number of rotatable bonds is 6. The minimum atomic E-state index is -2.44. The van der Waals surface area contributed by atoms with Gasteiger partial charge in [0.15, 0.2) is 0 Å². The lowest BCUT2D eigenvalue weighted by molar-refractivity contribution is 0.189. The number of benzene rings is 8. The Hall–Kier alpha value is -5.81. The molecule has 8 radical (unpaired) electrons. The molecule has 8 heteroatoms. The largest absolute Gasteiger partial charge is 0.410 e. The summed E-state index contributed by atoms with van der Waals surface area (Å²) in [7, 11) is 24.7. The zero-order valence-corrected chi connectivity index (χ0v) is 30.5. The van der Waals surface area contributed by atoms with Gasteiger partial charge in [-0.15, -0.1) is 11.3 Å². The Bertz CT molecular complexity index is 3110. The van der Waals surface area contributed by atoms with Crippen LogP contribution in [0.15, 0.2) is 164 Å². The maximum atomic E-state index is 10.6. The maximum absolute atomic E-state index is 10.6. The summed E-state index contributed by atoms with van der Waals surface area (Å²) < 4.78 is 4.35. The van der Waals surface area contributed by atoms with Gasteiger partial charge in [0, 0.05) is 25.9 Å². The van der Waals surface area contributed by atoms with E-state index >= 15 is 0 Å². The number of fused-ring (bicyclic) bond motifs is 6. The fourth-order valence-corrected chi connectivity index (χ4v) is 9.23. The van der Waals surface area contributed by atoms with Gasteiger partial charge in [-0.05, 0) is 108 Å². The summed E-state index contributed by atoms with van der Waals surface area (Å²) in [6.07, 6.45) is 0. The lowest BCUT2D eigenvalue weighted by Crippen LogP contribution is -2.55. The van der Waals surface area contributed by atoms with Crippen LogP contribution < -0.4 is 0 Å². The highest BCUT2D eigenvalue weighted by Crippen LogP contribution is 2.48. The minimum absolute atomic E-state index is 0.137. The summed E-state index contributed by atoms with van der Waals surface area (Å²) in [5.41, 5.74) is 9.04. The first-order chi connectivity index (χ1) is 26.7. The first kappa shape index (κ1) is 33.7. The van der Waals surface area contributed by atoms with Crippen LogP contribution in [-0.2, 0) is 5.21 Å². The van der Waals surface area contributed by atoms with Crippen LogP contribution >= 0.6 is 11.3 Å². The van der Waals surface area contributed by atoms with Gasteiger partial charge < -0.3 is 5.11 Å². The molecule has 8 aromatic carbocycles. The number of nitrogens with zero attached hydrogens (tertiary/aromatic N) is 2. The van der Waals surface area contributed by atoms with Gasteiger partial charge in [-0.1, -0.05) is 121 Å². The standard InChI is InChI=1S/C47H28B4N2OS/c48-46(49,47(50,51)54)45-52-38-17-7-8-18-39(38)53(45)31-24-21-29(22-25-31)42-32-13-4-5-14-33(32)43(37-27-30(23-26-34(37)42)28-11-2-1-3-12-28)36-16-10-20-41-44(36)35-15-6-9-19-40(35)55-41/h1-27,54H. The molecule has 0 unspecified atom stereocenters. The van der Waals surface area contributed by atoms with Crippen LogP contribution in [0.25, 0.3) is 91.8 Å². The van der Waals surface area contributed by atoms with E-state index in [2.05, 4.69) is 127 Å². The van der Waals surface area contributed by atoms with Crippen molar-refractivity contribution >= 4 is 95.5 Å². The molecule has 0 aliphatic rings. The second-order valence-corrected chi connectivity index (χ2v) is 15.3. The molecule has 55 heavy (non-hydrogen) atoms. The van der Waals surface area contributed by atoms with Crippen molar-refractivity contribution in [1.29, 1.82) is 0 Å². The van der Waals surface area contributed by atoms with E-state index in [1.165, 1.54) is 42.1 Å². The van der Waals surface area contributed by atoms with E-state index < -0.39 is 10.6 Å². The molecule has 10 aromatic rings. The molecule has 0 aliphatic heterocycles. The second-order valence-electron chi connectivity index (χ2n) is 14.2. The topological polar surface area (TPSA) is 38.1 Å². The van der Waals surface area contributed by atoms with E-state index in [1.54, 1.807) is 4.57 Å². The summed E-state index contributed by atoms with van der Waals surface area (Å²) in [6, 6.07) is 57.3. The number of para-hydroxylation sites is 2. The predicted molar refractivity (Wildman–Crippen MR) is 235 cm³/mol. The molecule has 2 heterocycles. The van der Waals surface area contributed by atoms with Crippen LogP contribution in [0.1, 0.15) is 5.82 Å². The predicted octanol–water partition coefficient (Wildman–Crippen LogP) is 10.2. The van der Waals surface area contributed by atoms with Gasteiger partial charge in [-0.2, -0.15) is 0 Å². The van der Waals surface area contributed by atoms with Crippen LogP contribution in [0.2, 0.25) is 0 Å². The highest BCUT2D eigenvalue weighted by atomic mass is 32.1. The molecule has 0 saturated carbocycles. The van der Waals surface area contributed by atoms with Crippen molar-refractivity contribution in [2.24, 2.45) is 0 Å². The third kappa shape index (κ3) is 5.31. The van der Waals surface area contributed by atoms with Crippen molar-refractivity contribution in [2.75, 3.05) is 0 Å². The van der Waals surface area contributed by atoms with E-state index in [0.29, 0.717) is 5.52 Å². The zero-order valence-electron chi connectivity index (χ0n) is 29.6. The molecule has 0 spiro atoms. The number of aliphatic hydroxyl groups is 1. The molecular weight excluding hydrogens is 684 g/mol. The third-order valence-electron chi connectivity index (χ3n) is 10.8. The Balaban J connectivity index is 1.25. The molecule has 0 aliphatic carbocycles. The van der Waals surface area contributed by atoms with Gasteiger partial charge in [0.1, 0.15) is 5.82 Å². The van der Waals surface area contributed by atoms with Crippen molar-refractivity contribution in [3.8, 4) is 39.1 Å². The van der Waals surface area contributed by atoms with Gasteiger partial charge >= 0.3 is 0 Å². The van der Waals surface area contributed by atoms with E-state index in [1.807, 2.05) is 47.7 Å². The third-order valence-corrected chi connectivity index (χ3v) is 11.9. The molecule has 0 amide bonds. The lowest BCUT2D eigenvalue weighted by atomic mass is 9.35. The first-order valence-electron chi connectivity index (χ1n) is 18.1. The van der Waals surface area contributed by atoms with E-state index in [-0.39, 0.29) is 5.82 Å². The van der Waals surface area contributed by atoms with Crippen molar-refractivity contribution in [1.82, 2.24) is 9.55 Å². The average molecular weight is 712 g/mol. The smallest absolute Gasteiger partial charge is 0.104 e. The summed E-state index contributed by atoms with van der Waals surface area (Å²) in [5.74, 6) is 0.137. The average Bonchev–Trinajstić information content (AvgIpc) is 3.80. The molecule has 3 nitrogen and oxygen atoms in total. The summed E-state index contributed by atoms with van der Waals surface area (Å²) in [4.78, 5) is 4.69. The van der Waals surface area contributed by atoms with Crippen LogP contribution in [-0.4, -0.2) is 51.4 Å². The Morgan fingerprint density at radius 2 is 1.13 bits per heavy atom. The van der Waals surface area contributed by atoms with E-state index in [0.717, 1.165) is 44.2 Å². The number of hydrogen-bond acceptors (Lipinski definition) is 3. The highest BCUT2D eigenvalue weighted by molar-refractivity contribution is 7.26. The van der Waals surface area contributed by atoms with Gasteiger partial charge in [0.2, 0.25) is 0 Å². The molecular formula is C47H28B4N2OS. The van der Waals surface area contributed by atoms with Crippen LogP contribution in [0.4, 0.5) is 0 Å². The van der Waals surface area contributed by atoms with Gasteiger partial charge in [-0.3, -0.25) is 4.57 Å². The first-order valence-corrected chi connectivity index (χ1v) is 18.9. The fraction of sp³-hybridized carbons (Fsp3) is 0.0426. The Morgan fingerprint density at radius 1 is 0.509 bits per heavy atom. The van der Waals surface area contributed by atoms with Crippen LogP contribution in [0, 0.1) is 0 Å². The van der Waals surface area contributed by atoms with Gasteiger partial charge in [0.05, 0.1) is 42.4 Å². The minimum Gasteiger partial charge on any atom is -0.410 e. The van der Waals surface area contributed by atoms with Crippen LogP contribution in [0.3, 0.4) is 0 Å². The summed E-state index contributed by atoms with van der Waals surface area (Å²) >= 11 is 1.84. The maximum Gasteiger partial charge on any atom is 0.104 e. The van der Waals surface area contributed by atoms with Gasteiger partial charge in [-0.25, -0.2) is 4.98 Å². The van der Waals surface area contributed by atoms with Crippen LogP contribution in [0.5, 0.6) is 0 Å². The molecule has 0 fully saturated rings. The molecule has 0 atom stereocenters. The molecule has 10 rings (SSSR count). The number of hydrogen-bond donors (Lipinski definition) is 1. The Kier molecular flexibility index (Phi) is 7.74. The van der Waals surface area contributed by atoms with Gasteiger partial charge in [0.25, 0.3) is 0 Å². The number of thiophene rings is 1. The SMILES string of the molecule is [B]C([B])(O)C([B])([B])c1nc2ccccc2n1-c1ccc(-c2c3ccccc3c(-c3cccc4sc5ccccc5c34)c3cc(-c4ccccc4)ccc23)cc1. The molecule has 0 saturated heterocycles. The zero-order chi connectivity index (χ0) is 37.5. The fourth-order valence-electron chi connectivity index (χ4n) is 8.09. The summed E-state index contributed by atoms with van der Waals surface area (Å²) in [6.45, 7) is 0. The normalized spacial score (nSPS) is 12.4. The van der Waals surface area contributed by atoms with Crippen molar-refractivity contribution < 1.29 is 5.11 Å². The highest BCUT2D eigenvalue weighted by Gasteiger charge is 2.39. The lowest BCUT2D eigenvalue weighted by Gasteiger charge is -2.39.